The molecule has 1 fully saturated rings. The number of methoxy groups -OCH3 is 1. The maximum atomic E-state index is 13.6. The lowest BCUT2D eigenvalue weighted by molar-refractivity contribution is 0.119. The van der Waals surface area contributed by atoms with Gasteiger partial charge in [-0.2, -0.15) is 0 Å². The first-order valence-corrected chi connectivity index (χ1v) is 6.02. The van der Waals surface area contributed by atoms with Crippen LogP contribution in [-0.2, 0) is 6.42 Å². The molecular weight excluding hydrogens is 219 g/mol. The number of halogens is 1. The Morgan fingerprint density at radius 3 is 2.65 bits per heavy atom. The van der Waals surface area contributed by atoms with Gasteiger partial charge in [0.1, 0.15) is 0 Å². The topological polar surface area (TPSA) is 29.5 Å². The van der Waals surface area contributed by atoms with Crippen LogP contribution in [0.4, 0.5) is 4.39 Å². The summed E-state index contributed by atoms with van der Waals surface area (Å²) in [6.07, 6.45) is 3.07. The number of rotatable bonds is 5. The molecule has 1 atom stereocenters. The van der Waals surface area contributed by atoms with E-state index in [1.807, 2.05) is 6.07 Å². The molecule has 0 radical (unpaired) electrons. The van der Waals surface area contributed by atoms with Gasteiger partial charge in [0.2, 0.25) is 0 Å². The monoisotopic (exact) mass is 238 g/mol. The zero-order valence-electron chi connectivity index (χ0n) is 10.4. The first-order chi connectivity index (χ1) is 8.09. The predicted molar refractivity (Wildman–Crippen MR) is 64.6 cm³/mol. The van der Waals surface area contributed by atoms with Crippen molar-refractivity contribution in [1.82, 2.24) is 0 Å². The summed E-state index contributed by atoms with van der Waals surface area (Å²) in [6, 6.07) is 5.03. The largest absolute Gasteiger partial charge is 0.494 e. The van der Waals surface area contributed by atoms with Gasteiger partial charge in [0, 0.05) is 6.61 Å². The highest BCUT2D eigenvalue weighted by Crippen LogP contribution is 2.47. The van der Waals surface area contributed by atoms with Gasteiger partial charge in [-0.3, -0.25) is 0 Å². The summed E-state index contributed by atoms with van der Waals surface area (Å²) < 4.78 is 18.5. The van der Waals surface area contributed by atoms with Gasteiger partial charge >= 0.3 is 0 Å². The van der Waals surface area contributed by atoms with Crippen LogP contribution in [0.2, 0.25) is 0 Å². The number of ether oxygens (including phenoxy) is 1. The average molecular weight is 238 g/mol. The standard InChI is InChI=1S/C14H19FO2/c1-14(9-16,11-4-5-11)8-10-3-6-13(17-2)12(15)7-10/h3,6-7,11,16H,4-5,8-9H2,1-2H3. The summed E-state index contributed by atoms with van der Waals surface area (Å²) in [5.41, 5.74) is 0.813. The van der Waals surface area contributed by atoms with Crippen molar-refractivity contribution in [3.63, 3.8) is 0 Å². The third-order valence-electron chi connectivity index (χ3n) is 3.75. The van der Waals surface area contributed by atoms with Gasteiger partial charge in [0.05, 0.1) is 7.11 Å². The van der Waals surface area contributed by atoms with E-state index < -0.39 is 0 Å². The minimum Gasteiger partial charge on any atom is -0.494 e. The van der Waals surface area contributed by atoms with E-state index in [2.05, 4.69) is 6.92 Å². The second kappa shape index (κ2) is 4.65. The fourth-order valence-corrected chi connectivity index (χ4v) is 2.40. The maximum absolute atomic E-state index is 13.6. The van der Waals surface area contributed by atoms with Gasteiger partial charge in [0.25, 0.3) is 0 Å². The average Bonchev–Trinajstić information content (AvgIpc) is 3.13. The number of hydrogen-bond acceptors (Lipinski definition) is 2. The molecule has 1 unspecified atom stereocenters. The SMILES string of the molecule is COc1ccc(CC(C)(CO)C2CC2)cc1F. The number of aliphatic hydroxyl groups is 1. The van der Waals surface area contributed by atoms with Crippen LogP contribution in [0.1, 0.15) is 25.3 Å². The van der Waals surface area contributed by atoms with Gasteiger partial charge in [-0.25, -0.2) is 4.39 Å². The van der Waals surface area contributed by atoms with Crippen LogP contribution in [0, 0.1) is 17.2 Å². The van der Waals surface area contributed by atoms with Crippen molar-refractivity contribution in [2.75, 3.05) is 13.7 Å². The number of aliphatic hydroxyl groups excluding tert-OH is 1. The predicted octanol–water partition coefficient (Wildman–Crippen LogP) is 2.79. The lowest BCUT2D eigenvalue weighted by Crippen LogP contribution is -2.26. The van der Waals surface area contributed by atoms with Crippen molar-refractivity contribution in [3.05, 3.63) is 29.6 Å². The molecule has 2 nitrogen and oxygen atoms in total. The normalized spacial score (nSPS) is 18.8. The van der Waals surface area contributed by atoms with E-state index >= 15 is 0 Å². The van der Waals surface area contributed by atoms with Crippen molar-refractivity contribution < 1.29 is 14.2 Å². The molecule has 94 valence electrons. The van der Waals surface area contributed by atoms with E-state index in [0.29, 0.717) is 5.92 Å². The molecule has 1 aromatic rings. The number of hydrogen-bond donors (Lipinski definition) is 1. The third-order valence-corrected chi connectivity index (χ3v) is 3.75. The van der Waals surface area contributed by atoms with E-state index in [1.165, 1.54) is 26.0 Å². The Balaban J connectivity index is 2.15. The first-order valence-electron chi connectivity index (χ1n) is 6.02. The van der Waals surface area contributed by atoms with E-state index in [-0.39, 0.29) is 23.6 Å². The molecular formula is C14H19FO2. The number of benzene rings is 1. The van der Waals surface area contributed by atoms with E-state index in [1.54, 1.807) is 6.07 Å². The molecule has 17 heavy (non-hydrogen) atoms. The molecule has 1 aromatic carbocycles. The Morgan fingerprint density at radius 2 is 2.18 bits per heavy atom. The van der Waals surface area contributed by atoms with Crippen molar-refractivity contribution in [3.8, 4) is 5.75 Å². The summed E-state index contributed by atoms with van der Waals surface area (Å²) in [5.74, 6) is 0.518. The highest BCUT2D eigenvalue weighted by atomic mass is 19.1. The molecule has 1 aliphatic carbocycles. The van der Waals surface area contributed by atoms with E-state index in [9.17, 15) is 9.50 Å². The van der Waals surface area contributed by atoms with Gasteiger partial charge in [-0.15, -0.1) is 0 Å². The molecule has 3 heteroatoms. The Hall–Kier alpha value is -1.09. The van der Waals surface area contributed by atoms with E-state index in [0.717, 1.165) is 12.0 Å². The Morgan fingerprint density at radius 1 is 1.47 bits per heavy atom. The summed E-state index contributed by atoms with van der Waals surface area (Å²) in [5, 5.41) is 9.51. The smallest absolute Gasteiger partial charge is 0.165 e. The summed E-state index contributed by atoms with van der Waals surface area (Å²) in [4.78, 5) is 0. The zero-order valence-corrected chi connectivity index (χ0v) is 10.4. The summed E-state index contributed by atoms with van der Waals surface area (Å²) in [6.45, 7) is 2.23. The van der Waals surface area contributed by atoms with Crippen molar-refractivity contribution in [2.45, 2.75) is 26.2 Å². The molecule has 0 bridgehead atoms. The highest BCUT2D eigenvalue weighted by Gasteiger charge is 2.40. The van der Waals surface area contributed by atoms with E-state index in [4.69, 9.17) is 4.74 Å². The van der Waals surface area contributed by atoms with Crippen molar-refractivity contribution in [2.24, 2.45) is 11.3 Å². The van der Waals surface area contributed by atoms with Gasteiger partial charge in [-0.05, 0) is 48.3 Å². The summed E-state index contributed by atoms with van der Waals surface area (Å²) in [7, 11) is 1.46. The minimum absolute atomic E-state index is 0.110. The van der Waals surface area contributed by atoms with Crippen LogP contribution in [0.5, 0.6) is 5.75 Å². The van der Waals surface area contributed by atoms with Crippen LogP contribution in [0.3, 0.4) is 0 Å². The van der Waals surface area contributed by atoms with Crippen molar-refractivity contribution >= 4 is 0 Å². The molecule has 2 rings (SSSR count). The molecule has 0 saturated heterocycles. The van der Waals surface area contributed by atoms with Crippen LogP contribution in [0.25, 0.3) is 0 Å². The second-order valence-electron chi connectivity index (χ2n) is 5.23. The Labute approximate surface area is 101 Å². The lowest BCUT2D eigenvalue weighted by Gasteiger charge is -2.27. The third kappa shape index (κ3) is 2.60. The maximum Gasteiger partial charge on any atom is 0.165 e. The molecule has 0 heterocycles. The molecule has 0 aromatic heterocycles. The Kier molecular flexibility index (Phi) is 3.38. The molecule has 0 amide bonds. The molecule has 1 N–H and O–H groups in total. The molecule has 1 saturated carbocycles. The quantitative estimate of drug-likeness (QED) is 0.854. The highest BCUT2D eigenvalue weighted by molar-refractivity contribution is 5.30. The lowest BCUT2D eigenvalue weighted by atomic mass is 9.80. The summed E-state index contributed by atoms with van der Waals surface area (Å²) >= 11 is 0. The first kappa shape index (κ1) is 12.4. The van der Waals surface area contributed by atoms with Crippen LogP contribution in [-0.4, -0.2) is 18.8 Å². The molecule has 0 aliphatic heterocycles. The van der Waals surface area contributed by atoms with Crippen LogP contribution < -0.4 is 4.74 Å². The minimum atomic E-state index is -0.332. The fraction of sp³-hybridized carbons (Fsp3) is 0.571. The molecule has 1 aliphatic rings. The fourth-order valence-electron chi connectivity index (χ4n) is 2.40. The van der Waals surface area contributed by atoms with Crippen LogP contribution in [0.15, 0.2) is 18.2 Å². The molecule has 0 spiro atoms. The van der Waals surface area contributed by atoms with Gasteiger partial charge in [0.15, 0.2) is 11.6 Å². The van der Waals surface area contributed by atoms with Gasteiger partial charge in [-0.1, -0.05) is 13.0 Å². The van der Waals surface area contributed by atoms with Gasteiger partial charge < -0.3 is 9.84 Å². The van der Waals surface area contributed by atoms with Crippen LogP contribution >= 0.6 is 0 Å². The Bertz CT molecular complexity index is 401. The zero-order chi connectivity index (χ0) is 12.5. The second-order valence-corrected chi connectivity index (χ2v) is 5.23. The van der Waals surface area contributed by atoms with Crippen molar-refractivity contribution in [1.29, 1.82) is 0 Å².